The Hall–Kier alpha value is -1.13. The number of carbonyl (C=O) groups excluding carboxylic acids is 1. The van der Waals surface area contributed by atoms with E-state index in [1.54, 1.807) is 13.0 Å². The second-order valence-electron chi connectivity index (χ2n) is 6.50. The summed E-state index contributed by atoms with van der Waals surface area (Å²) in [5, 5.41) is 3.41. The minimum absolute atomic E-state index is 0. The number of hydrogen-bond donors (Lipinski definition) is 1. The maximum absolute atomic E-state index is 13.2. The zero-order valence-electron chi connectivity index (χ0n) is 13.0. The molecule has 1 amide bonds. The van der Waals surface area contributed by atoms with Crippen molar-refractivity contribution in [3.8, 4) is 0 Å². The molecule has 0 radical (unpaired) electrons. The molecule has 2 fully saturated rings. The van der Waals surface area contributed by atoms with Gasteiger partial charge in [0.2, 0.25) is 0 Å². The van der Waals surface area contributed by atoms with Gasteiger partial charge < -0.3 is 10.2 Å². The molecule has 1 spiro atoms. The second-order valence-corrected chi connectivity index (χ2v) is 6.50. The Labute approximate surface area is 137 Å². The smallest absolute Gasteiger partial charge is 0.254 e. The Bertz CT molecular complexity index is 533. The number of amides is 1. The number of aryl methyl sites for hydroxylation is 1. The molecule has 0 aliphatic carbocycles. The third-order valence-electron chi connectivity index (χ3n) is 5.19. The van der Waals surface area contributed by atoms with Crippen LogP contribution in [0.5, 0.6) is 0 Å². The van der Waals surface area contributed by atoms with Gasteiger partial charge in [0.15, 0.2) is 0 Å². The van der Waals surface area contributed by atoms with Gasteiger partial charge in [-0.25, -0.2) is 4.39 Å². The Morgan fingerprint density at radius 3 is 2.41 bits per heavy atom. The van der Waals surface area contributed by atoms with E-state index >= 15 is 0 Å². The van der Waals surface area contributed by atoms with Crippen LogP contribution in [0, 0.1) is 18.2 Å². The normalized spacial score (nSPS) is 20.5. The SMILES string of the molecule is Cc1cc(F)ccc1C(=O)N1CCC2(CCNCC2)CC1.Cl. The van der Waals surface area contributed by atoms with Gasteiger partial charge >= 0.3 is 0 Å². The van der Waals surface area contributed by atoms with Crippen LogP contribution in [0.4, 0.5) is 4.39 Å². The highest BCUT2D eigenvalue weighted by Gasteiger charge is 2.36. The van der Waals surface area contributed by atoms with Crippen molar-refractivity contribution < 1.29 is 9.18 Å². The van der Waals surface area contributed by atoms with Crippen molar-refractivity contribution in [1.29, 1.82) is 0 Å². The maximum atomic E-state index is 13.2. The quantitative estimate of drug-likeness (QED) is 0.859. The Morgan fingerprint density at radius 1 is 1.18 bits per heavy atom. The van der Waals surface area contributed by atoms with Crippen molar-refractivity contribution in [3.05, 3.63) is 35.1 Å². The van der Waals surface area contributed by atoms with Crippen LogP contribution < -0.4 is 5.32 Å². The second kappa shape index (κ2) is 6.97. The molecule has 5 heteroatoms. The van der Waals surface area contributed by atoms with Gasteiger partial charge in [0, 0.05) is 18.7 Å². The van der Waals surface area contributed by atoms with Gasteiger partial charge in [-0.2, -0.15) is 0 Å². The lowest BCUT2D eigenvalue weighted by atomic mass is 9.71. The van der Waals surface area contributed by atoms with Gasteiger partial charge in [-0.05, 0) is 74.9 Å². The average molecular weight is 327 g/mol. The molecule has 0 atom stereocenters. The van der Waals surface area contributed by atoms with Gasteiger partial charge in [-0.3, -0.25) is 4.79 Å². The predicted molar refractivity (Wildman–Crippen MR) is 88.1 cm³/mol. The highest BCUT2D eigenvalue weighted by atomic mass is 35.5. The molecule has 1 N–H and O–H groups in total. The van der Waals surface area contributed by atoms with Crippen LogP contribution in [-0.4, -0.2) is 37.0 Å². The molecule has 3 nitrogen and oxygen atoms in total. The first kappa shape index (κ1) is 17.2. The van der Waals surface area contributed by atoms with Crippen LogP contribution in [-0.2, 0) is 0 Å². The number of halogens is 2. The van der Waals surface area contributed by atoms with Crippen molar-refractivity contribution in [3.63, 3.8) is 0 Å². The first-order valence-electron chi connectivity index (χ1n) is 7.86. The molecule has 1 aromatic rings. The lowest BCUT2D eigenvalue weighted by molar-refractivity contribution is 0.0495. The van der Waals surface area contributed by atoms with E-state index in [0.29, 0.717) is 11.0 Å². The summed E-state index contributed by atoms with van der Waals surface area (Å²) in [4.78, 5) is 14.5. The average Bonchev–Trinajstić information content (AvgIpc) is 2.48. The standard InChI is InChI=1S/C17H23FN2O.ClH/c1-13-12-14(18)2-3-15(13)16(21)20-10-6-17(7-11-20)4-8-19-9-5-17;/h2-3,12,19H,4-11H2,1H3;1H. The summed E-state index contributed by atoms with van der Waals surface area (Å²) >= 11 is 0. The third-order valence-corrected chi connectivity index (χ3v) is 5.19. The Balaban J connectivity index is 0.00000176. The first-order valence-corrected chi connectivity index (χ1v) is 7.86. The largest absolute Gasteiger partial charge is 0.339 e. The monoisotopic (exact) mass is 326 g/mol. The fourth-order valence-electron chi connectivity index (χ4n) is 3.68. The lowest BCUT2D eigenvalue weighted by Crippen LogP contribution is -2.47. The van der Waals surface area contributed by atoms with Crippen molar-refractivity contribution in [2.24, 2.45) is 5.41 Å². The molecule has 2 aliphatic rings. The zero-order chi connectivity index (χ0) is 14.9. The van der Waals surface area contributed by atoms with Gasteiger partial charge in [-0.1, -0.05) is 0 Å². The number of rotatable bonds is 1. The highest BCUT2D eigenvalue weighted by Crippen LogP contribution is 2.39. The summed E-state index contributed by atoms with van der Waals surface area (Å²) in [6, 6.07) is 4.42. The van der Waals surface area contributed by atoms with Gasteiger partial charge in [0.1, 0.15) is 5.82 Å². The molecule has 1 aromatic carbocycles. The molecule has 3 rings (SSSR count). The number of hydrogen-bond acceptors (Lipinski definition) is 2. The molecule has 2 heterocycles. The number of nitrogens with one attached hydrogen (secondary N) is 1. The molecular weight excluding hydrogens is 303 g/mol. The van der Waals surface area contributed by atoms with Crippen LogP contribution >= 0.6 is 12.4 Å². The molecule has 2 saturated heterocycles. The molecule has 22 heavy (non-hydrogen) atoms. The topological polar surface area (TPSA) is 32.3 Å². The lowest BCUT2D eigenvalue weighted by Gasteiger charge is -2.44. The van der Waals surface area contributed by atoms with Gasteiger partial charge in [0.05, 0.1) is 0 Å². The fraction of sp³-hybridized carbons (Fsp3) is 0.588. The molecule has 0 unspecified atom stereocenters. The number of piperidine rings is 2. The van der Waals surface area contributed by atoms with E-state index in [1.807, 2.05) is 4.90 Å². The predicted octanol–water partition coefficient (Wildman–Crippen LogP) is 3.16. The molecule has 0 saturated carbocycles. The van der Waals surface area contributed by atoms with E-state index < -0.39 is 0 Å². The number of likely N-dealkylation sites (tertiary alicyclic amines) is 1. The summed E-state index contributed by atoms with van der Waals surface area (Å²) in [5.74, 6) is -0.229. The van der Waals surface area contributed by atoms with Crippen LogP contribution in [0.2, 0.25) is 0 Å². The summed E-state index contributed by atoms with van der Waals surface area (Å²) in [6.45, 7) is 5.66. The van der Waals surface area contributed by atoms with Gasteiger partial charge in [0.25, 0.3) is 5.91 Å². The van der Waals surface area contributed by atoms with E-state index in [0.717, 1.165) is 44.6 Å². The van der Waals surface area contributed by atoms with Crippen LogP contribution in [0.3, 0.4) is 0 Å². The van der Waals surface area contributed by atoms with Crippen molar-refractivity contribution in [2.45, 2.75) is 32.6 Å². The highest BCUT2D eigenvalue weighted by molar-refractivity contribution is 5.95. The van der Waals surface area contributed by atoms with Crippen molar-refractivity contribution in [1.82, 2.24) is 10.2 Å². The van der Waals surface area contributed by atoms with Crippen molar-refractivity contribution >= 4 is 18.3 Å². The van der Waals surface area contributed by atoms with Crippen LogP contribution in [0.15, 0.2) is 18.2 Å². The molecule has 0 aromatic heterocycles. The minimum Gasteiger partial charge on any atom is -0.339 e. The van der Waals surface area contributed by atoms with Crippen LogP contribution in [0.25, 0.3) is 0 Å². The molecule has 0 bridgehead atoms. The summed E-state index contributed by atoms with van der Waals surface area (Å²) in [6.07, 6.45) is 4.65. The van der Waals surface area contributed by atoms with Crippen molar-refractivity contribution in [2.75, 3.05) is 26.2 Å². The number of nitrogens with zero attached hydrogens (tertiary/aromatic N) is 1. The molecule has 2 aliphatic heterocycles. The van der Waals surface area contributed by atoms with E-state index in [1.165, 1.54) is 25.0 Å². The summed E-state index contributed by atoms with van der Waals surface area (Å²) < 4.78 is 13.2. The van der Waals surface area contributed by atoms with Gasteiger partial charge in [-0.15, -0.1) is 12.4 Å². The molecular formula is C17H24ClFN2O. The Kier molecular flexibility index (Phi) is 5.45. The first-order chi connectivity index (χ1) is 10.1. The number of benzene rings is 1. The Morgan fingerprint density at radius 2 is 1.82 bits per heavy atom. The van der Waals surface area contributed by atoms with E-state index in [-0.39, 0.29) is 24.1 Å². The van der Waals surface area contributed by atoms with E-state index in [2.05, 4.69) is 5.32 Å². The maximum Gasteiger partial charge on any atom is 0.254 e. The zero-order valence-corrected chi connectivity index (χ0v) is 13.8. The third kappa shape index (κ3) is 3.44. The summed E-state index contributed by atoms with van der Waals surface area (Å²) in [7, 11) is 0. The minimum atomic E-state index is -0.281. The molecule has 122 valence electrons. The number of carbonyl (C=O) groups is 1. The fourth-order valence-corrected chi connectivity index (χ4v) is 3.68. The van der Waals surface area contributed by atoms with Crippen LogP contribution in [0.1, 0.15) is 41.6 Å². The van der Waals surface area contributed by atoms with E-state index in [9.17, 15) is 9.18 Å². The summed E-state index contributed by atoms with van der Waals surface area (Å²) in [5.41, 5.74) is 1.81. The van der Waals surface area contributed by atoms with E-state index in [4.69, 9.17) is 0 Å².